The molecule has 0 aromatic heterocycles. The Labute approximate surface area is 107 Å². The lowest BCUT2D eigenvalue weighted by Gasteiger charge is -2.31. The van der Waals surface area contributed by atoms with Crippen molar-refractivity contribution in [2.24, 2.45) is 11.8 Å². The van der Waals surface area contributed by atoms with Gasteiger partial charge in [-0.1, -0.05) is 31.4 Å². The Kier molecular flexibility index (Phi) is 3.39. The Bertz CT molecular complexity index is 418. The van der Waals surface area contributed by atoms with Gasteiger partial charge in [-0.15, -0.1) is 0 Å². The number of fused-ring (bicyclic) bond motifs is 1. The van der Waals surface area contributed by atoms with E-state index in [-0.39, 0.29) is 6.04 Å². The van der Waals surface area contributed by atoms with Gasteiger partial charge in [-0.2, -0.15) is 0 Å². The molecule has 3 rings (SSSR count). The Hall–Kier alpha value is -1.26. The lowest BCUT2D eigenvalue weighted by Crippen LogP contribution is -2.32. The van der Waals surface area contributed by atoms with Crippen LogP contribution >= 0.6 is 0 Å². The predicted octanol–water partition coefficient (Wildman–Crippen LogP) is 2.15. The molecule has 2 aliphatic rings. The molecule has 0 radical (unpaired) electrons. The zero-order valence-electron chi connectivity index (χ0n) is 10.5. The maximum atomic E-state index is 5.75. The van der Waals surface area contributed by atoms with E-state index in [1.54, 1.807) is 0 Å². The second-order valence-corrected chi connectivity index (χ2v) is 5.12. The maximum absolute atomic E-state index is 5.75. The van der Waals surface area contributed by atoms with E-state index in [4.69, 9.17) is 15.3 Å². The van der Waals surface area contributed by atoms with Crippen LogP contribution in [0.4, 0.5) is 0 Å². The van der Waals surface area contributed by atoms with E-state index in [1.807, 2.05) is 12.1 Å². The molecule has 18 heavy (non-hydrogen) atoms. The third-order valence-electron chi connectivity index (χ3n) is 3.97. The number of benzene rings is 1. The van der Waals surface area contributed by atoms with Gasteiger partial charge in [-0.05, 0) is 18.4 Å². The summed E-state index contributed by atoms with van der Waals surface area (Å²) in [5.41, 5.74) is 4.06. The first-order chi connectivity index (χ1) is 8.88. The van der Waals surface area contributed by atoms with Gasteiger partial charge in [0.05, 0.1) is 6.04 Å². The third-order valence-corrected chi connectivity index (χ3v) is 3.97. The predicted molar refractivity (Wildman–Crippen MR) is 69.5 cm³/mol. The number of hydrogen-bond donors (Lipinski definition) is 2. The molecule has 1 aromatic rings. The molecule has 1 unspecified atom stereocenters. The molecule has 4 heteroatoms. The van der Waals surface area contributed by atoms with Gasteiger partial charge in [0.15, 0.2) is 11.5 Å². The fourth-order valence-corrected chi connectivity index (χ4v) is 2.72. The van der Waals surface area contributed by atoms with Crippen LogP contribution in [0.2, 0.25) is 0 Å². The van der Waals surface area contributed by atoms with Gasteiger partial charge >= 0.3 is 0 Å². The zero-order valence-corrected chi connectivity index (χ0v) is 10.5. The van der Waals surface area contributed by atoms with E-state index in [0.717, 1.165) is 29.4 Å². The summed E-state index contributed by atoms with van der Waals surface area (Å²) in [6.07, 6.45) is 5.08. The topological polar surface area (TPSA) is 56.5 Å². The molecule has 0 spiro atoms. The quantitative estimate of drug-likeness (QED) is 0.633. The highest BCUT2D eigenvalue weighted by molar-refractivity contribution is 5.48. The molecule has 1 heterocycles. The molecule has 4 nitrogen and oxygen atoms in total. The Morgan fingerprint density at radius 1 is 1.28 bits per heavy atom. The Balaban J connectivity index is 1.84. The monoisotopic (exact) mass is 248 g/mol. The third kappa shape index (κ3) is 2.18. The first kappa shape index (κ1) is 11.8. The van der Waals surface area contributed by atoms with Crippen molar-refractivity contribution in [1.82, 2.24) is 5.43 Å². The molecule has 1 fully saturated rings. The van der Waals surface area contributed by atoms with Gasteiger partial charge in [0, 0.05) is 5.56 Å². The number of nitrogens with one attached hydrogen (secondary N) is 1. The van der Waals surface area contributed by atoms with Gasteiger partial charge in [0.1, 0.15) is 13.2 Å². The molecular formula is C14H20N2O2. The molecule has 1 aromatic carbocycles. The smallest absolute Gasteiger partial charge is 0.166 e. The first-order valence-electron chi connectivity index (χ1n) is 6.73. The molecule has 3 N–H and O–H groups in total. The normalized spacial score (nSPS) is 20.3. The lowest BCUT2D eigenvalue weighted by atomic mass is 9.79. The molecule has 1 aliphatic carbocycles. The highest BCUT2D eigenvalue weighted by atomic mass is 16.6. The van der Waals surface area contributed by atoms with Crippen molar-refractivity contribution >= 4 is 0 Å². The summed E-state index contributed by atoms with van der Waals surface area (Å²) >= 11 is 0. The van der Waals surface area contributed by atoms with Crippen molar-refractivity contribution in [3.63, 3.8) is 0 Å². The van der Waals surface area contributed by atoms with Crippen molar-refractivity contribution < 1.29 is 9.47 Å². The Morgan fingerprint density at radius 2 is 2.11 bits per heavy atom. The van der Waals surface area contributed by atoms with Crippen LogP contribution in [0.3, 0.4) is 0 Å². The molecule has 0 saturated heterocycles. The average Bonchev–Trinajstić information content (AvgIpc) is 2.38. The van der Waals surface area contributed by atoms with Crippen LogP contribution in [0.1, 0.15) is 37.3 Å². The fraction of sp³-hybridized carbons (Fsp3) is 0.571. The minimum atomic E-state index is 0.159. The molecule has 1 atom stereocenters. The van der Waals surface area contributed by atoms with Crippen LogP contribution in [-0.2, 0) is 0 Å². The van der Waals surface area contributed by atoms with Gasteiger partial charge in [-0.3, -0.25) is 11.3 Å². The standard InChI is InChI=1S/C14H20N2O2/c15-16-12(9-10-3-1-4-10)11-5-2-6-13-14(11)18-8-7-17-13/h2,5-6,10,12,16H,1,3-4,7-9,15H2. The van der Waals surface area contributed by atoms with Crippen molar-refractivity contribution in [3.8, 4) is 11.5 Å². The second-order valence-electron chi connectivity index (χ2n) is 5.12. The molecule has 0 bridgehead atoms. The number of hydrazine groups is 1. The lowest BCUT2D eigenvalue weighted by molar-refractivity contribution is 0.167. The van der Waals surface area contributed by atoms with Crippen molar-refractivity contribution in [3.05, 3.63) is 23.8 Å². The number of rotatable bonds is 4. The molecule has 1 saturated carbocycles. The number of ether oxygens (including phenoxy) is 2. The molecule has 0 amide bonds. The van der Waals surface area contributed by atoms with Gasteiger partial charge < -0.3 is 9.47 Å². The fourth-order valence-electron chi connectivity index (χ4n) is 2.72. The van der Waals surface area contributed by atoms with Crippen molar-refractivity contribution in [2.75, 3.05) is 13.2 Å². The van der Waals surface area contributed by atoms with E-state index >= 15 is 0 Å². The summed E-state index contributed by atoms with van der Waals surface area (Å²) in [4.78, 5) is 0. The zero-order chi connectivity index (χ0) is 12.4. The van der Waals surface area contributed by atoms with Crippen LogP contribution in [-0.4, -0.2) is 13.2 Å². The molecule has 98 valence electrons. The second kappa shape index (κ2) is 5.16. The van der Waals surface area contributed by atoms with Gasteiger partial charge in [0.25, 0.3) is 0 Å². The summed E-state index contributed by atoms with van der Waals surface area (Å²) in [5.74, 6) is 8.22. The minimum Gasteiger partial charge on any atom is -0.486 e. The first-order valence-corrected chi connectivity index (χ1v) is 6.73. The van der Waals surface area contributed by atoms with E-state index in [2.05, 4.69) is 11.5 Å². The van der Waals surface area contributed by atoms with Crippen molar-refractivity contribution in [1.29, 1.82) is 0 Å². The van der Waals surface area contributed by atoms with E-state index < -0.39 is 0 Å². The molecular weight excluding hydrogens is 228 g/mol. The van der Waals surface area contributed by atoms with Crippen LogP contribution in [0, 0.1) is 5.92 Å². The Morgan fingerprint density at radius 3 is 2.83 bits per heavy atom. The molecule has 1 aliphatic heterocycles. The number of para-hydroxylation sites is 1. The van der Waals surface area contributed by atoms with Crippen molar-refractivity contribution in [2.45, 2.75) is 31.7 Å². The summed E-state index contributed by atoms with van der Waals surface area (Å²) in [5, 5.41) is 0. The minimum absolute atomic E-state index is 0.159. The highest BCUT2D eigenvalue weighted by Crippen LogP contribution is 2.41. The highest BCUT2D eigenvalue weighted by Gasteiger charge is 2.26. The SMILES string of the molecule is NNC(CC1CCC1)c1cccc2c1OCCO2. The van der Waals surface area contributed by atoms with Crippen LogP contribution < -0.4 is 20.7 Å². The maximum Gasteiger partial charge on any atom is 0.166 e. The largest absolute Gasteiger partial charge is 0.486 e. The number of nitrogens with two attached hydrogens (primary N) is 1. The summed E-state index contributed by atoms with van der Waals surface area (Å²) in [6, 6.07) is 6.20. The van der Waals surface area contributed by atoms with Gasteiger partial charge in [0.2, 0.25) is 0 Å². The van der Waals surface area contributed by atoms with Gasteiger partial charge in [-0.25, -0.2) is 0 Å². The van der Waals surface area contributed by atoms with Crippen LogP contribution in [0.15, 0.2) is 18.2 Å². The average molecular weight is 248 g/mol. The number of hydrogen-bond acceptors (Lipinski definition) is 4. The summed E-state index contributed by atoms with van der Waals surface area (Å²) < 4.78 is 11.4. The van der Waals surface area contributed by atoms with Crippen LogP contribution in [0.5, 0.6) is 11.5 Å². The van der Waals surface area contributed by atoms with Crippen LogP contribution in [0.25, 0.3) is 0 Å². The van der Waals surface area contributed by atoms with E-state index in [0.29, 0.717) is 13.2 Å². The summed E-state index contributed by atoms with van der Waals surface area (Å²) in [6.45, 7) is 1.24. The van der Waals surface area contributed by atoms with E-state index in [1.165, 1.54) is 19.3 Å². The summed E-state index contributed by atoms with van der Waals surface area (Å²) in [7, 11) is 0. The van der Waals surface area contributed by atoms with E-state index in [9.17, 15) is 0 Å².